The third-order valence-electron chi connectivity index (χ3n) is 1.65. The molecular weight excluding hydrogens is 302 g/mol. The smallest absolute Gasteiger partial charge is 0.265 e. The van der Waals surface area contributed by atoms with Crippen LogP contribution in [0.2, 0.25) is 0 Å². The molecule has 0 bridgehead atoms. The number of halogens is 1. The van der Waals surface area contributed by atoms with Crippen molar-refractivity contribution >= 4 is 31.7 Å². The summed E-state index contributed by atoms with van der Waals surface area (Å²) in [6, 6.07) is 4.27. The highest BCUT2D eigenvalue weighted by atomic mass is 79.9. The molecule has 0 amide bonds. The monoisotopic (exact) mass is 309 g/mol. The highest BCUT2D eigenvalue weighted by Gasteiger charge is 2.13. The molecule has 8 heteroatoms. The molecule has 6 nitrogen and oxygen atoms in total. The minimum absolute atomic E-state index is 0.130. The number of benzene rings is 1. The van der Waals surface area contributed by atoms with Crippen LogP contribution in [0.25, 0.3) is 0 Å². The topological polar surface area (TPSA) is 86.5 Å². The van der Waals surface area contributed by atoms with Crippen molar-refractivity contribution in [2.45, 2.75) is 6.61 Å². The molecule has 0 radical (unpaired) electrons. The average Bonchev–Trinajstić information content (AvgIpc) is 2.14. The number of hydrogen-bond acceptors (Lipinski definition) is 5. The van der Waals surface area contributed by atoms with Crippen LogP contribution in [-0.2, 0) is 20.9 Å². The summed E-state index contributed by atoms with van der Waals surface area (Å²) in [5, 5.41) is 10.6. The van der Waals surface area contributed by atoms with Gasteiger partial charge in [0, 0.05) is 6.07 Å². The van der Waals surface area contributed by atoms with E-state index < -0.39 is 15.0 Å². The summed E-state index contributed by atoms with van der Waals surface area (Å²) in [6.07, 6.45) is 0.917. The van der Waals surface area contributed by atoms with E-state index in [4.69, 9.17) is 0 Å². The van der Waals surface area contributed by atoms with E-state index in [1.807, 2.05) is 0 Å². The van der Waals surface area contributed by atoms with Gasteiger partial charge in [0.05, 0.1) is 22.3 Å². The Balaban J connectivity index is 2.91. The van der Waals surface area contributed by atoms with Gasteiger partial charge in [-0.2, -0.15) is 8.42 Å². The van der Waals surface area contributed by atoms with E-state index in [1.165, 1.54) is 12.1 Å². The van der Waals surface area contributed by atoms with Gasteiger partial charge in [0.2, 0.25) is 0 Å². The molecule has 0 saturated carbocycles. The zero-order valence-electron chi connectivity index (χ0n) is 8.21. The van der Waals surface area contributed by atoms with Crippen molar-refractivity contribution in [1.29, 1.82) is 0 Å². The van der Waals surface area contributed by atoms with Gasteiger partial charge in [-0.05, 0) is 27.6 Å². The summed E-state index contributed by atoms with van der Waals surface area (Å²) in [4.78, 5) is 10.0. The third kappa shape index (κ3) is 3.87. The van der Waals surface area contributed by atoms with Gasteiger partial charge in [0.15, 0.2) is 0 Å². The molecule has 1 rings (SSSR count). The Bertz CT molecular complexity index is 513. The van der Waals surface area contributed by atoms with E-state index in [0.717, 1.165) is 6.26 Å². The first-order valence-corrected chi connectivity index (χ1v) is 6.68. The number of nitro benzene ring substituents is 1. The van der Waals surface area contributed by atoms with Crippen molar-refractivity contribution < 1.29 is 17.5 Å². The molecule has 0 spiro atoms. The van der Waals surface area contributed by atoms with Gasteiger partial charge < -0.3 is 0 Å². The van der Waals surface area contributed by atoms with Crippen LogP contribution in [0.15, 0.2) is 22.7 Å². The minimum Gasteiger partial charge on any atom is -0.265 e. The molecule has 0 aliphatic carbocycles. The molecule has 16 heavy (non-hydrogen) atoms. The highest BCUT2D eigenvalue weighted by Crippen LogP contribution is 2.25. The van der Waals surface area contributed by atoms with Gasteiger partial charge in [-0.25, -0.2) is 0 Å². The zero-order chi connectivity index (χ0) is 12.3. The Labute approximate surface area is 101 Å². The third-order valence-corrected chi connectivity index (χ3v) is 2.86. The van der Waals surface area contributed by atoms with Crippen molar-refractivity contribution in [3.05, 3.63) is 38.3 Å². The lowest BCUT2D eigenvalue weighted by Crippen LogP contribution is -2.03. The second kappa shape index (κ2) is 4.89. The molecule has 1 aromatic rings. The maximum absolute atomic E-state index is 10.7. The minimum atomic E-state index is -3.55. The van der Waals surface area contributed by atoms with Gasteiger partial charge in [-0.15, -0.1) is 0 Å². The Morgan fingerprint density at radius 2 is 2.12 bits per heavy atom. The summed E-state index contributed by atoms with van der Waals surface area (Å²) in [7, 11) is -3.55. The second-order valence-electron chi connectivity index (χ2n) is 3.01. The molecule has 0 aromatic heterocycles. The summed E-state index contributed by atoms with van der Waals surface area (Å²) < 4.78 is 26.3. The molecule has 88 valence electrons. The Kier molecular flexibility index (Phi) is 4.00. The van der Waals surface area contributed by atoms with Crippen LogP contribution in [0.1, 0.15) is 5.56 Å². The molecule has 0 saturated heterocycles. The lowest BCUT2D eigenvalue weighted by Gasteiger charge is -2.02. The fourth-order valence-electron chi connectivity index (χ4n) is 0.963. The maximum Gasteiger partial charge on any atom is 0.283 e. The van der Waals surface area contributed by atoms with Crippen LogP contribution in [0.4, 0.5) is 5.69 Å². The van der Waals surface area contributed by atoms with Crippen LogP contribution in [0, 0.1) is 10.1 Å². The van der Waals surface area contributed by atoms with Gasteiger partial charge >= 0.3 is 0 Å². The number of nitrogens with zero attached hydrogens (tertiary/aromatic N) is 1. The van der Waals surface area contributed by atoms with E-state index in [2.05, 4.69) is 20.1 Å². The molecule has 0 unspecified atom stereocenters. The molecule has 0 heterocycles. The van der Waals surface area contributed by atoms with E-state index in [-0.39, 0.29) is 12.3 Å². The summed E-state index contributed by atoms with van der Waals surface area (Å²) in [5.41, 5.74) is 0.287. The lowest BCUT2D eigenvalue weighted by atomic mass is 10.2. The molecular formula is C8H8BrNO5S. The van der Waals surface area contributed by atoms with Crippen molar-refractivity contribution in [1.82, 2.24) is 0 Å². The maximum atomic E-state index is 10.7. The second-order valence-corrected chi connectivity index (χ2v) is 5.51. The molecule has 1 aromatic carbocycles. The fraction of sp³-hybridized carbons (Fsp3) is 0.250. The number of rotatable bonds is 4. The molecule has 0 fully saturated rings. The van der Waals surface area contributed by atoms with Crippen LogP contribution in [0.5, 0.6) is 0 Å². The van der Waals surface area contributed by atoms with Crippen LogP contribution in [-0.4, -0.2) is 19.6 Å². The molecule has 0 atom stereocenters. The Hall–Kier alpha value is -0.990. The lowest BCUT2D eigenvalue weighted by molar-refractivity contribution is -0.385. The van der Waals surface area contributed by atoms with Crippen molar-refractivity contribution in [2.24, 2.45) is 0 Å². The first-order valence-electron chi connectivity index (χ1n) is 4.07. The Morgan fingerprint density at radius 1 is 1.50 bits per heavy atom. The van der Waals surface area contributed by atoms with Crippen LogP contribution >= 0.6 is 15.9 Å². The zero-order valence-corrected chi connectivity index (χ0v) is 10.6. The van der Waals surface area contributed by atoms with E-state index in [0.29, 0.717) is 10.0 Å². The SMILES string of the molecule is CS(=O)(=O)OCc1ccc(Br)c([N+](=O)[O-])c1. The summed E-state index contributed by atoms with van der Waals surface area (Å²) in [6.45, 7) is -0.215. The normalized spacial score (nSPS) is 11.4. The average molecular weight is 310 g/mol. The van der Waals surface area contributed by atoms with Gasteiger partial charge in [0.25, 0.3) is 15.8 Å². The highest BCUT2D eigenvalue weighted by molar-refractivity contribution is 9.10. The summed E-state index contributed by atoms with van der Waals surface area (Å²) in [5.74, 6) is 0. The molecule has 0 aliphatic heterocycles. The number of hydrogen-bond donors (Lipinski definition) is 0. The predicted molar refractivity (Wildman–Crippen MR) is 60.4 cm³/mol. The standard InChI is InChI=1S/C8H8BrNO5S/c1-16(13,14)15-5-6-2-3-7(9)8(4-6)10(11)12/h2-4H,5H2,1H3. The van der Waals surface area contributed by atoms with Crippen LogP contribution in [0.3, 0.4) is 0 Å². The predicted octanol–water partition coefficient (Wildman–Crippen LogP) is 1.83. The first kappa shape index (κ1) is 13.1. The molecule has 0 N–H and O–H groups in total. The van der Waals surface area contributed by atoms with Gasteiger partial charge in [-0.1, -0.05) is 6.07 Å². The fourth-order valence-corrected chi connectivity index (χ4v) is 1.70. The van der Waals surface area contributed by atoms with E-state index in [1.54, 1.807) is 6.07 Å². The Morgan fingerprint density at radius 3 is 2.62 bits per heavy atom. The number of nitro groups is 1. The van der Waals surface area contributed by atoms with Gasteiger partial charge in [-0.3, -0.25) is 14.3 Å². The quantitative estimate of drug-likeness (QED) is 0.481. The van der Waals surface area contributed by atoms with Crippen LogP contribution < -0.4 is 0 Å². The summed E-state index contributed by atoms with van der Waals surface area (Å²) >= 11 is 3.02. The molecule has 0 aliphatic rings. The van der Waals surface area contributed by atoms with Crippen molar-refractivity contribution in [3.63, 3.8) is 0 Å². The van der Waals surface area contributed by atoms with E-state index in [9.17, 15) is 18.5 Å². The van der Waals surface area contributed by atoms with Gasteiger partial charge in [0.1, 0.15) is 0 Å². The van der Waals surface area contributed by atoms with Crippen molar-refractivity contribution in [3.8, 4) is 0 Å². The first-order chi connectivity index (χ1) is 7.29. The van der Waals surface area contributed by atoms with E-state index >= 15 is 0 Å². The van der Waals surface area contributed by atoms with Crippen molar-refractivity contribution in [2.75, 3.05) is 6.26 Å². The largest absolute Gasteiger partial charge is 0.283 e.